The maximum atomic E-state index is 5.16. The number of rotatable bonds is 5. The molecule has 0 saturated heterocycles. The van der Waals surface area contributed by atoms with E-state index < -0.39 is 0 Å². The highest BCUT2D eigenvalue weighted by Gasteiger charge is 2.17. The normalized spacial score (nSPS) is 11.6. The number of nitrogens with zero attached hydrogens (tertiary/aromatic N) is 3. The van der Waals surface area contributed by atoms with Gasteiger partial charge in [0, 0.05) is 57.0 Å². The highest BCUT2D eigenvalue weighted by molar-refractivity contribution is 7.26. The highest BCUT2D eigenvalue weighted by Crippen LogP contribution is 2.41. The Morgan fingerprint density at radius 1 is 0.300 bits per heavy atom. The van der Waals surface area contributed by atoms with E-state index in [1.165, 1.54) is 57.0 Å². The van der Waals surface area contributed by atoms with Gasteiger partial charge in [-0.15, -0.1) is 22.7 Å². The summed E-state index contributed by atoms with van der Waals surface area (Å²) in [6.07, 6.45) is 0. The summed E-state index contributed by atoms with van der Waals surface area (Å²) in [4.78, 5) is 15.4. The summed E-state index contributed by atoms with van der Waals surface area (Å²) in [7, 11) is 0. The lowest BCUT2D eigenvalue weighted by molar-refractivity contribution is 1.08. The summed E-state index contributed by atoms with van der Waals surface area (Å²) in [6, 6.07) is 57.9. The number of thiophene rings is 2. The number of benzene rings is 7. The number of aromatic nitrogens is 3. The Kier molecular flexibility index (Phi) is 6.86. The molecule has 3 nitrogen and oxygen atoms in total. The third kappa shape index (κ3) is 4.90. The molecule has 0 saturated carbocycles. The summed E-state index contributed by atoms with van der Waals surface area (Å²) >= 11 is 3.63. The van der Waals surface area contributed by atoms with Crippen molar-refractivity contribution < 1.29 is 0 Å². The molecule has 7 aromatic carbocycles. The first-order valence-electron chi connectivity index (χ1n) is 16.6. The van der Waals surface area contributed by atoms with Crippen LogP contribution in [0.15, 0.2) is 164 Å². The molecule has 0 unspecified atom stereocenters. The SMILES string of the molecule is c1ccc(-c2ccc(-c3nc(-c4ccc(-c5cccc6sc7ccccc7c56)cc4)nc(-c4cccc5c4sc4ccccc45)n3)cc2)cc1. The van der Waals surface area contributed by atoms with Crippen molar-refractivity contribution in [1.29, 1.82) is 0 Å². The van der Waals surface area contributed by atoms with Crippen LogP contribution in [-0.4, -0.2) is 15.0 Å². The number of hydrogen-bond acceptors (Lipinski definition) is 5. The van der Waals surface area contributed by atoms with E-state index >= 15 is 0 Å². The Hall–Kier alpha value is -6.01. The molecule has 0 radical (unpaired) electrons. The van der Waals surface area contributed by atoms with Crippen molar-refractivity contribution in [3.8, 4) is 56.4 Å². The van der Waals surface area contributed by atoms with Crippen molar-refractivity contribution in [2.75, 3.05) is 0 Å². The molecule has 234 valence electrons. The lowest BCUT2D eigenvalue weighted by Crippen LogP contribution is -2.00. The molecule has 0 spiro atoms. The Labute approximate surface area is 296 Å². The molecule has 10 aromatic rings. The van der Waals surface area contributed by atoms with Crippen LogP contribution in [0.25, 0.3) is 96.8 Å². The molecule has 0 N–H and O–H groups in total. The maximum absolute atomic E-state index is 5.16. The Bertz CT molecular complexity index is 2850. The molecule has 3 heterocycles. The smallest absolute Gasteiger partial charge is 0.165 e. The zero-order chi connectivity index (χ0) is 33.0. The molecular formula is C45H27N3S2. The standard InChI is InChI=1S/C45H27N3S2/c1-2-10-28(11-3-1)29-20-24-31(25-21-29)43-46-44(48-45(47-43)37-16-8-15-35-34-12-4-6-17-38(34)50-42(35)37)32-26-22-30(23-27-32)33-14-9-19-40-41(33)36-13-5-7-18-39(36)49-40/h1-27H. The number of hydrogen-bond donors (Lipinski definition) is 0. The van der Waals surface area contributed by atoms with Crippen LogP contribution in [0.3, 0.4) is 0 Å². The van der Waals surface area contributed by atoms with Crippen LogP contribution in [0.2, 0.25) is 0 Å². The summed E-state index contributed by atoms with van der Waals surface area (Å²) in [5.74, 6) is 1.98. The second-order valence-electron chi connectivity index (χ2n) is 12.4. The fourth-order valence-electron chi connectivity index (χ4n) is 6.93. The van der Waals surface area contributed by atoms with Crippen molar-refractivity contribution in [1.82, 2.24) is 15.0 Å². The summed E-state index contributed by atoms with van der Waals surface area (Å²) in [5, 5.41) is 5.08. The lowest BCUT2D eigenvalue weighted by atomic mass is 9.98. The quantitative estimate of drug-likeness (QED) is 0.182. The van der Waals surface area contributed by atoms with Gasteiger partial charge in [-0.3, -0.25) is 0 Å². The molecule has 0 atom stereocenters. The Morgan fingerprint density at radius 3 is 1.54 bits per heavy atom. The first-order valence-corrected chi connectivity index (χ1v) is 18.2. The van der Waals surface area contributed by atoms with Gasteiger partial charge in [0.05, 0.1) is 0 Å². The van der Waals surface area contributed by atoms with E-state index in [0.29, 0.717) is 17.5 Å². The van der Waals surface area contributed by atoms with Gasteiger partial charge in [0.25, 0.3) is 0 Å². The van der Waals surface area contributed by atoms with Gasteiger partial charge in [0.2, 0.25) is 0 Å². The van der Waals surface area contributed by atoms with Gasteiger partial charge in [0.1, 0.15) is 0 Å². The molecule has 50 heavy (non-hydrogen) atoms. The Morgan fingerprint density at radius 2 is 0.800 bits per heavy atom. The van der Waals surface area contributed by atoms with E-state index in [4.69, 9.17) is 15.0 Å². The molecule has 5 heteroatoms. The monoisotopic (exact) mass is 673 g/mol. The van der Waals surface area contributed by atoms with Gasteiger partial charge >= 0.3 is 0 Å². The second kappa shape index (κ2) is 11.8. The van der Waals surface area contributed by atoms with Crippen LogP contribution < -0.4 is 0 Å². The average Bonchev–Trinajstić information content (AvgIpc) is 3.77. The van der Waals surface area contributed by atoms with Crippen LogP contribution in [0.1, 0.15) is 0 Å². The molecule has 3 aromatic heterocycles. The van der Waals surface area contributed by atoms with E-state index in [1.54, 1.807) is 11.3 Å². The fourth-order valence-corrected chi connectivity index (χ4v) is 9.28. The zero-order valence-corrected chi connectivity index (χ0v) is 28.4. The molecule has 10 rings (SSSR count). The van der Waals surface area contributed by atoms with Crippen molar-refractivity contribution in [2.24, 2.45) is 0 Å². The molecular weight excluding hydrogens is 647 g/mol. The molecule has 0 aliphatic carbocycles. The number of fused-ring (bicyclic) bond motifs is 6. The average molecular weight is 674 g/mol. The zero-order valence-electron chi connectivity index (χ0n) is 26.7. The van der Waals surface area contributed by atoms with E-state index in [2.05, 4.69) is 158 Å². The van der Waals surface area contributed by atoms with Gasteiger partial charge in [-0.1, -0.05) is 140 Å². The third-order valence-corrected chi connectivity index (χ3v) is 11.7. The predicted octanol–water partition coefficient (Wildman–Crippen LogP) is 12.9. The maximum Gasteiger partial charge on any atom is 0.165 e. The molecule has 0 aliphatic rings. The molecule has 0 aliphatic heterocycles. The van der Waals surface area contributed by atoms with Crippen molar-refractivity contribution >= 4 is 63.0 Å². The van der Waals surface area contributed by atoms with Crippen LogP contribution >= 0.6 is 22.7 Å². The minimum Gasteiger partial charge on any atom is -0.208 e. The van der Waals surface area contributed by atoms with Gasteiger partial charge in [-0.2, -0.15) is 0 Å². The third-order valence-electron chi connectivity index (χ3n) is 9.39. The fraction of sp³-hybridized carbons (Fsp3) is 0. The van der Waals surface area contributed by atoms with Crippen molar-refractivity contribution in [2.45, 2.75) is 0 Å². The van der Waals surface area contributed by atoms with Gasteiger partial charge < -0.3 is 0 Å². The summed E-state index contributed by atoms with van der Waals surface area (Å²) in [6.45, 7) is 0. The molecule has 0 bridgehead atoms. The minimum absolute atomic E-state index is 0.654. The second-order valence-corrected chi connectivity index (χ2v) is 14.5. The topological polar surface area (TPSA) is 38.7 Å². The van der Waals surface area contributed by atoms with Crippen molar-refractivity contribution in [3.05, 3.63) is 164 Å². The highest BCUT2D eigenvalue weighted by atomic mass is 32.1. The van der Waals surface area contributed by atoms with Crippen LogP contribution in [0.5, 0.6) is 0 Å². The largest absolute Gasteiger partial charge is 0.208 e. The van der Waals surface area contributed by atoms with Crippen LogP contribution in [0.4, 0.5) is 0 Å². The Balaban J connectivity index is 1.12. The molecule has 0 amide bonds. The molecule has 0 fully saturated rings. The van der Waals surface area contributed by atoms with E-state index in [1.807, 2.05) is 17.4 Å². The van der Waals surface area contributed by atoms with Crippen molar-refractivity contribution in [3.63, 3.8) is 0 Å². The minimum atomic E-state index is 0.654. The van der Waals surface area contributed by atoms with E-state index in [9.17, 15) is 0 Å². The van der Waals surface area contributed by atoms with Gasteiger partial charge in [-0.25, -0.2) is 15.0 Å². The van der Waals surface area contributed by atoms with E-state index in [0.717, 1.165) is 22.3 Å². The first kappa shape index (κ1) is 29.0. The summed E-state index contributed by atoms with van der Waals surface area (Å²) < 4.78 is 5.04. The van der Waals surface area contributed by atoms with Gasteiger partial charge in [0.15, 0.2) is 17.5 Å². The summed E-state index contributed by atoms with van der Waals surface area (Å²) in [5.41, 5.74) is 7.65. The lowest BCUT2D eigenvalue weighted by Gasteiger charge is -2.11. The predicted molar refractivity (Wildman–Crippen MR) is 213 cm³/mol. The van der Waals surface area contributed by atoms with Crippen LogP contribution in [0, 0.1) is 0 Å². The first-order chi connectivity index (χ1) is 24.8. The van der Waals surface area contributed by atoms with Crippen LogP contribution in [-0.2, 0) is 0 Å². The van der Waals surface area contributed by atoms with Gasteiger partial charge in [-0.05, 0) is 46.5 Å². The van der Waals surface area contributed by atoms with E-state index in [-0.39, 0.29) is 0 Å².